The standard InChI is InChI=1S/C28H33N3O6S/c1-28(2,3)37-27(35)29-21-24(33)31-22(26(34)36-15-18-7-5-4-6-8-18)20(16-38-25(21)31)13-19-11-12-30(23(19)32)14-17-9-10-17/h4-8,13,17,21,25H,9-12,14-16H2,1-3H3,(H,29,35)/b19-13+/t21-,25-/m1/s1. The Morgan fingerprint density at radius 2 is 1.89 bits per heavy atom. The second-order valence-corrected chi connectivity index (χ2v) is 12.2. The molecular formula is C28H33N3O6S. The van der Waals surface area contributed by atoms with Gasteiger partial charge in [0.2, 0.25) is 5.91 Å². The molecular weight excluding hydrogens is 506 g/mol. The average Bonchev–Trinajstić information content (AvgIpc) is 3.64. The lowest BCUT2D eigenvalue weighted by Crippen LogP contribution is -2.70. The summed E-state index contributed by atoms with van der Waals surface area (Å²) in [5, 5.41) is 2.17. The van der Waals surface area contributed by atoms with Crippen LogP contribution in [0.1, 0.15) is 45.6 Å². The quantitative estimate of drug-likeness (QED) is 0.322. The number of hydrogen-bond acceptors (Lipinski definition) is 7. The predicted octanol–water partition coefficient (Wildman–Crippen LogP) is 3.36. The third kappa shape index (κ3) is 5.75. The molecule has 4 aliphatic rings. The van der Waals surface area contributed by atoms with E-state index in [1.165, 1.54) is 29.5 Å². The van der Waals surface area contributed by atoms with Crippen molar-refractivity contribution in [2.75, 3.05) is 18.8 Å². The van der Waals surface area contributed by atoms with Crippen LogP contribution in [0.4, 0.5) is 4.79 Å². The van der Waals surface area contributed by atoms with Gasteiger partial charge in [0, 0.05) is 24.4 Å². The van der Waals surface area contributed by atoms with Crippen LogP contribution in [0.25, 0.3) is 0 Å². The van der Waals surface area contributed by atoms with Crippen molar-refractivity contribution in [3.8, 4) is 0 Å². The summed E-state index contributed by atoms with van der Waals surface area (Å²) in [7, 11) is 0. The zero-order chi connectivity index (χ0) is 27.0. The fourth-order valence-electron chi connectivity index (χ4n) is 4.77. The number of β-lactam (4-membered cyclic amide) rings is 1. The minimum absolute atomic E-state index is 0.00655. The predicted molar refractivity (Wildman–Crippen MR) is 142 cm³/mol. The number of fused-ring (bicyclic) bond motifs is 1. The molecule has 2 saturated heterocycles. The lowest BCUT2D eigenvalue weighted by Gasteiger charge is -2.49. The van der Waals surface area contributed by atoms with Gasteiger partial charge in [0.15, 0.2) is 0 Å². The molecule has 3 fully saturated rings. The van der Waals surface area contributed by atoms with Gasteiger partial charge in [-0.1, -0.05) is 30.3 Å². The van der Waals surface area contributed by atoms with Crippen LogP contribution in [0.2, 0.25) is 0 Å². The van der Waals surface area contributed by atoms with Gasteiger partial charge in [-0.05, 0) is 63.2 Å². The molecule has 2 atom stereocenters. The van der Waals surface area contributed by atoms with E-state index in [9.17, 15) is 19.2 Å². The maximum Gasteiger partial charge on any atom is 0.408 e. The molecule has 38 heavy (non-hydrogen) atoms. The number of carbonyl (C=O) groups excluding carboxylic acids is 4. The molecule has 1 aromatic carbocycles. The second kappa shape index (κ2) is 10.5. The average molecular weight is 540 g/mol. The highest BCUT2D eigenvalue weighted by atomic mass is 32.2. The molecule has 0 unspecified atom stereocenters. The van der Waals surface area contributed by atoms with E-state index >= 15 is 0 Å². The van der Waals surface area contributed by atoms with Crippen LogP contribution in [0.3, 0.4) is 0 Å². The van der Waals surface area contributed by atoms with E-state index in [4.69, 9.17) is 9.47 Å². The zero-order valence-corrected chi connectivity index (χ0v) is 22.7. The van der Waals surface area contributed by atoms with Gasteiger partial charge < -0.3 is 19.7 Å². The van der Waals surface area contributed by atoms with Gasteiger partial charge in [-0.2, -0.15) is 0 Å². The van der Waals surface area contributed by atoms with Gasteiger partial charge in [0.1, 0.15) is 29.3 Å². The first-order valence-corrected chi connectivity index (χ1v) is 14.0. The molecule has 1 aliphatic carbocycles. The number of carbonyl (C=O) groups is 4. The number of hydrogen-bond donors (Lipinski definition) is 1. The molecule has 9 nitrogen and oxygen atoms in total. The number of thioether (sulfide) groups is 1. The number of alkyl carbamates (subject to hydrolysis) is 1. The number of esters is 1. The van der Waals surface area contributed by atoms with E-state index in [-0.39, 0.29) is 18.2 Å². The first-order valence-electron chi connectivity index (χ1n) is 13.0. The number of ether oxygens (including phenoxy) is 2. The van der Waals surface area contributed by atoms with Crippen LogP contribution in [-0.2, 0) is 30.5 Å². The number of benzene rings is 1. The minimum atomic E-state index is -0.817. The summed E-state index contributed by atoms with van der Waals surface area (Å²) in [5.41, 5.74) is 1.49. The molecule has 0 spiro atoms. The Balaban J connectivity index is 1.37. The number of amides is 3. The normalized spacial score (nSPS) is 24.3. The summed E-state index contributed by atoms with van der Waals surface area (Å²) < 4.78 is 10.9. The monoisotopic (exact) mass is 539 g/mol. The smallest absolute Gasteiger partial charge is 0.408 e. The van der Waals surface area contributed by atoms with Gasteiger partial charge in [-0.3, -0.25) is 14.5 Å². The van der Waals surface area contributed by atoms with Crippen molar-refractivity contribution in [2.45, 2.75) is 63.7 Å². The Hall–Kier alpha value is -3.27. The van der Waals surface area contributed by atoms with Crippen molar-refractivity contribution in [3.05, 3.63) is 58.8 Å². The molecule has 10 heteroatoms. The van der Waals surface area contributed by atoms with E-state index < -0.39 is 35.0 Å². The van der Waals surface area contributed by atoms with Crippen LogP contribution in [0, 0.1) is 5.92 Å². The molecule has 0 bridgehead atoms. The van der Waals surface area contributed by atoms with Crippen molar-refractivity contribution >= 4 is 35.6 Å². The molecule has 5 rings (SSSR count). The van der Waals surface area contributed by atoms with E-state index in [0.717, 1.165) is 12.1 Å². The molecule has 1 aromatic rings. The Morgan fingerprint density at radius 3 is 2.58 bits per heavy atom. The maximum absolute atomic E-state index is 13.4. The Morgan fingerprint density at radius 1 is 1.16 bits per heavy atom. The summed E-state index contributed by atoms with van der Waals surface area (Å²) in [6.45, 7) is 6.74. The van der Waals surface area contributed by atoms with Crippen molar-refractivity contribution < 1.29 is 28.7 Å². The maximum atomic E-state index is 13.4. The van der Waals surface area contributed by atoms with Crippen LogP contribution >= 0.6 is 11.8 Å². The van der Waals surface area contributed by atoms with Crippen LogP contribution < -0.4 is 5.32 Å². The highest BCUT2D eigenvalue weighted by molar-refractivity contribution is 8.00. The molecule has 1 N–H and O–H groups in total. The molecule has 3 amide bonds. The molecule has 3 heterocycles. The summed E-state index contributed by atoms with van der Waals surface area (Å²) in [5.74, 6) is -0.0528. The van der Waals surface area contributed by atoms with Crippen LogP contribution in [-0.4, -0.2) is 69.5 Å². The van der Waals surface area contributed by atoms with Gasteiger partial charge in [0.25, 0.3) is 5.91 Å². The fraction of sp³-hybridized carbons (Fsp3) is 0.500. The third-order valence-corrected chi connectivity index (χ3v) is 8.12. The number of nitrogens with one attached hydrogen (secondary N) is 1. The zero-order valence-electron chi connectivity index (χ0n) is 21.9. The minimum Gasteiger partial charge on any atom is -0.456 e. The van der Waals surface area contributed by atoms with Gasteiger partial charge in [0.05, 0.1) is 0 Å². The van der Waals surface area contributed by atoms with Gasteiger partial charge in [-0.25, -0.2) is 9.59 Å². The lowest BCUT2D eigenvalue weighted by molar-refractivity contribution is -0.152. The topological polar surface area (TPSA) is 105 Å². The van der Waals surface area contributed by atoms with Gasteiger partial charge in [-0.15, -0.1) is 11.8 Å². The van der Waals surface area contributed by atoms with Gasteiger partial charge >= 0.3 is 12.1 Å². The Labute approximate surface area is 226 Å². The second-order valence-electron chi connectivity index (χ2n) is 11.1. The van der Waals surface area contributed by atoms with Crippen LogP contribution in [0.5, 0.6) is 0 Å². The van der Waals surface area contributed by atoms with Crippen LogP contribution in [0.15, 0.2) is 53.3 Å². The Kier molecular flexibility index (Phi) is 7.26. The molecule has 1 saturated carbocycles. The van der Waals surface area contributed by atoms with Crippen molar-refractivity contribution in [1.29, 1.82) is 0 Å². The number of nitrogens with zero attached hydrogens (tertiary/aromatic N) is 2. The molecule has 202 valence electrons. The van der Waals surface area contributed by atoms with E-state index in [1.807, 2.05) is 35.2 Å². The summed E-state index contributed by atoms with van der Waals surface area (Å²) in [4.78, 5) is 55.2. The molecule has 3 aliphatic heterocycles. The van der Waals surface area contributed by atoms with Crippen molar-refractivity contribution in [3.63, 3.8) is 0 Å². The van der Waals surface area contributed by atoms with E-state index in [1.54, 1.807) is 26.8 Å². The largest absolute Gasteiger partial charge is 0.456 e. The fourth-order valence-corrected chi connectivity index (χ4v) is 6.07. The third-order valence-electron chi connectivity index (χ3n) is 6.81. The van der Waals surface area contributed by atoms with Crippen molar-refractivity contribution in [1.82, 2.24) is 15.1 Å². The summed E-state index contributed by atoms with van der Waals surface area (Å²) >= 11 is 1.43. The molecule has 0 radical (unpaired) electrons. The lowest BCUT2D eigenvalue weighted by atomic mass is 10.0. The number of likely N-dealkylation sites (tertiary alicyclic amines) is 1. The first kappa shape index (κ1) is 26.3. The van der Waals surface area contributed by atoms with E-state index in [2.05, 4.69) is 5.32 Å². The van der Waals surface area contributed by atoms with Crippen molar-refractivity contribution in [2.24, 2.45) is 5.92 Å². The number of allylic oxidation sites excluding steroid dienone is 1. The molecule has 0 aromatic heterocycles. The summed E-state index contributed by atoms with van der Waals surface area (Å²) in [6.07, 6.45) is 4.01. The first-order chi connectivity index (χ1) is 18.1. The summed E-state index contributed by atoms with van der Waals surface area (Å²) in [6, 6.07) is 8.48. The highest BCUT2D eigenvalue weighted by Gasteiger charge is 2.54. The van der Waals surface area contributed by atoms with E-state index in [0.29, 0.717) is 35.8 Å². The highest BCUT2D eigenvalue weighted by Crippen LogP contribution is 2.42. The SMILES string of the molecule is CC(C)(C)OC(=O)N[C@@H]1C(=O)N2C(C(=O)OCc3ccccc3)=C(/C=C3\CCN(CC4CC4)C3=O)CS[C@H]12. The Bertz CT molecular complexity index is 1200. The number of rotatable bonds is 7.